The van der Waals surface area contributed by atoms with Crippen molar-refractivity contribution in [3.8, 4) is 0 Å². The number of aliphatic imine (C=N–C) groups is 1. The summed E-state index contributed by atoms with van der Waals surface area (Å²) < 4.78 is 6.01. The molecule has 0 saturated heterocycles. The molecule has 1 aliphatic carbocycles. The van der Waals surface area contributed by atoms with Crippen LogP contribution in [0.25, 0.3) is 0 Å². The minimum atomic E-state index is 0.210. The summed E-state index contributed by atoms with van der Waals surface area (Å²) in [5.74, 6) is 2.62. The number of guanidine groups is 1. The van der Waals surface area contributed by atoms with Crippen molar-refractivity contribution < 1.29 is 4.74 Å². The summed E-state index contributed by atoms with van der Waals surface area (Å²) in [6, 6.07) is 10.3. The highest BCUT2D eigenvalue weighted by Crippen LogP contribution is 2.28. The highest BCUT2D eigenvalue weighted by molar-refractivity contribution is 5.75. The average Bonchev–Trinajstić information content (AvgIpc) is 2.81. The Labute approximate surface area is 190 Å². The molecule has 0 unspecified atom stereocenters. The quantitative estimate of drug-likeness (QED) is 0.150. The van der Waals surface area contributed by atoms with Crippen LogP contribution in [-0.4, -0.2) is 25.6 Å². The van der Waals surface area contributed by atoms with Gasteiger partial charge in [-0.3, -0.25) is 4.99 Å². The molecule has 1 fully saturated rings. The Bertz CT molecular complexity index is 670. The molecule has 1 saturated carbocycles. The van der Waals surface area contributed by atoms with E-state index in [9.17, 15) is 0 Å². The molecule has 5 N–H and O–H groups in total. The summed E-state index contributed by atoms with van der Waals surface area (Å²) in [7, 11) is 0. The van der Waals surface area contributed by atoms with E-state index in [1.165, 1.54) is 36.8 Å². The van der Waals surface area contributed by atoms with E-state index in [1.54, 1.807) is 0 Å². The van der Waals surface area contributed by atoms with Crippen LogP contribution < -0.4 is 16.8 Å². The zero-order valence-corrected chi connectivity index (χ0v) is 20.1. The first-order valence-electron chi connectivity index (χ1n) is 11.8. The van der Waals surface area contributed by atoms with E-state index < -0.39 is 0 Å². The highest BCUT2D eigenvalue weighted by Gasteiger charge is 2.20. The summed E-state index contributed by atoms with van der Waals surface area (Å²) in [5.41, 5.74) is 13.3. The molecule has 0 bridgehead atoms. The summed E-state index contributed by atoms with van der Waals surface area (Å²) in [4.78, 5) is 4.17. The lowest BCUT2D eigenvalue weighted by molar-refractivity contribution is 0.197. The number of hydrogen-bond acceptors (Lipinski definition) is 3. The molecule has 1 aliphatic rings. The van der Waals surface area contributed by atoms with Crippen LogP contribution in [0.2, 0.25) is 0 Å². The van der Waals surface area contributed by atoms with E-state index in [4.69, 9.17) is 16.2 Å². The molecule has 0 spiro atoms. The number of allylic oxidation sites excluding steroid dienone is 3. The molecule has 0 aromatic heterocycles. The van der Waals surface area contributed by atoms with Crippen LogP contribution >= 0.6 is 0 Å². The van der Waals surface area contributed by atoms with Crippen molar-refractivity contribution in [2.45, 2.75) is 66.4 Å². The van der Waals surface area contributed by atoms with Crippen molar-refractivity contribution in [3.05, 3.63) is 59.4 Å². The maximum atomic E-state index is 6.01. The number of rotatable bonds is 11. The molecule has 5 heteroatoms. The largest absolute Gasteiger partial charge is 0.493 e. The van der Waals surface area contributed by atoms with E-state index in [2.05, 4.69) is 48.4 Å². The molecule has 2 rings (SSSR count). The molecule has 0 radical (unpaired) electrons. The summed E-state index contributed by atoms with van der Waals surface area (Å²) in [6.07, 6.45) is 10.2. The molecule has 5 nitrogen and oxygen atoms in total. The van der Waals surface area contributed by atoms with Gasteiger partial charge in [-0.1, -0.05) is 56.3 Å². The molecule has 31 heavy (non-hydrogen) atoms. The summed E-state index contributed by atoms with van der Waals surface area (Å²) in [5, 5.41) is 3.65. The molecule has 0 amide bonds. The molecule has 0 atom stereocenters. The van der Waals surface area contributed by atoms with Crippen LogP contribution in [0.5, 0.6) is 0 Å². The number of nitrogens with two attached hydrogens (primary N) is 2. The van der Waals surface area contributed by atoms with E-state index in [0.717, 1.165) is 37.7 Å². The normalized spacial score (nSPS) is 19.2. The van der Waals surface area contributed by atoms with E-state index >= 15 is 0 Å². The molecule has 0 heterocycles. The Morgan fingerprint density at radius 3 is 2.35 bits per heavy atom. The highest BCUT2D eigenvalue weighted by atomic mass is 16.5. The third-order valence-electron chi connectivity index (χ3n) is 5.62. The van der Waals surface area contributed by atoms with Crippen LogP contribution in [0.1, 0.15) is 65.4 Å². The van der Waals surface area contributed by atoms with Crippen LogP contribution in [0.3, 0.4) is 0 Å². The first-order valence-corrected chi connectivity index (χ1v) is 11.8. The van der Waals surface area contributed by atoms with Crippen molar-refractivity contribution in [3.63, 3.8) is 0 Å². The van der Waals surface area contributed by atoms with Crippen molar-refractivity contribution in [1.29, 1.82) is 0 Å². The predicted octanol–water partition coefficient (Wildman–Crippen LogP) is 5.14. The maximum absolute atomic E-state index is 6.01. The number of hydrogen-bond donors (Lipinski definition) is 3. The second kappa shape index (κ2) is 16.4. The lowest BCUT2D eigenvalue weighted by atomic mass is 9.82. The second-order valence-electron chi connectivity index (χ2n) is 7.96. The third kappa shape index (κ3) is 11.6. The third-order valence-corrected chi connectivity index (χ3v) is 5.62. The minimum absolute atomic E-state index is 0.210. The molecule has 1 aromatic carbocycles. The smallest absolute Gasteiger partial charge is 0.185 e. The Balaban J connectivity index is 0.00000233. The minimum Gasteiger partial charge on any atom is -0.493 e. The number of nitrogens with one attached hydrogen (secondary N) is 1. The van der Waals surface area contributed by atoms with Crippen LogP contribution in [0, 0.1) is 11.8 Å². The molecule has 1 aromatic rings. The van der Waals surface area contributed by atoms with Gasteiger partial charge in [0.1, 0.15) is 6.61 Å². The van der Waals surface area contributed by atoms with Gasteiger partial charge >= 0.3 is 0 Å². The van der Waals surface area contributed by atoms with E-state index in [0.29, 0.717) is 12.5 Å². The number of nitrogens with zero attached hydrogens (tertiary/aromatic N) is 1. The van der Waals surface area contributed by atoms with Gasteiger partial charge in [0.25, 0.3) is 0 Å². The Hall–Kier alpha value is -2.27. The molecular formula is C26H44N4O. The fourth-order valence-electron chi connectivity index (χ4n) is 3.82. The van der Waals surface area contributed by atoms with Crippen molar-refractivity contribution in [2.75, 3.05) is 19.6 Å². The first-order chi connectivity index (χ1) is 15.1. The molecule has 0 aliphatic heterocycles. The molecule has 174 valence electrons. The predicted molar refractivity (Wildman–Crippen MR) is 134 cm³/mol. The Morgan fingerprint density at radius 2 is 1.74 bits per heavy atom. The van der Waals surface area contributed by atoms with Gasteiger partial charge in [-0.05, 0) is 82.0 Å². The van der Waals surface area contributed by atoms with Gasteiger partial charge in [0.15, 0.2) is 5.96 Å². The Kier molecular flexibility index (Phi) is 14.2. The van der Waals surface area contributed by atoms with Gasteiger partial charge < -0.3 is 21.5 Å². The van der Waals surface area contributed by atoms with E-state index in [1.807, 2.05) is 32.0 Å². The fourth-order valence-corrected chi connectivity index (χ4v) is 3.82. The zero-order chi connectivity index (χ0) is 22.9. The molecular weight excluding hydrogens is 384 g/mol. The summed E-state index contributed by atoms with van der Waals surface area (Å²) >= 11 is 0. The van der Waals surface area contributed by atoms with Gasteiger partial charge in [-0.15, -0.1) is 0 Å². The zero-order valence-electron chi connectivity index (χ0n) is 20.1. The van der Waals surface area contributed by atoms with Gasteiger partial charge in [0.2, 0.25) is 0 Å². The number of benzene rings is 1. The van der Waals surface area contributed by atoms with Crippen molar-refractivity contribution >= 4 is 5.96 Å². The Morgan fingerprint density at radius 1 is 1.10 bits per heavy atom. The standard InChI is InChI=1S/C24H38N4O.C2H6/c1-3-7-23(19(2)29-18-22-8-5-4-6-9-22)14-15-27-16-20-10-12-21(13-11-20)17-28-24(25)26;1-2/h3-9,20-21,27H,10-18H2,1-2H3,(H4,25,26,28);1-2H3/b7-3-,23-19-;. The van der Waals surface area contributed by atoms with Gasteiger partial charge in [-0.25, -0.2) is 0 Å². The lowest BCUT2D eigenvalue weighted by Gasteiger charge is -2.27. The number of ether oxygens (including phenoxy) is 1. The van der Waals surface area contributed by atoms with Crippen LogP contribution in [0.4, 0.5) is 0 Å². The van der Waals surface area contributed by atoms with Crippen LogP contribution in [0.15, 0.2) is 58.8 Å². The summed E-state index contributed by atoms with van der Waals surface area (Å²) in [6.45, 7) is 11.6. The van der Waals surface area contributed by atoms with Gasteiger partial charge in [0, 0.05) is 6.54 Å². The van der Waals surface area contributed by atoms with Crippen molar-refractivity contribution in [2.24, 2.45) is 28.3 Å². The van der Waals surface area contributed by atoms with Crippen LogP contribution in [-0.2, 0) is 11.3 Å². The average molecular weight is 429 g/mol. The second-order valence-corrected chi connectivity index (χ2v) is 7.96. The monoisotopic (exact) mass is 428 g/mol. The lowest BCUT2D eigenvalue weighted by Crippen LogP contribution is -2.29. The van der Waals surface area contributed by atoms with E-state index in [-0.39, 0.29) is 5.96 Å². The fraction of sp³-hybridized carbons (Fsp3) is 0.577. The topological polar surface area (TPSA) is 85.7 Å². The van der Waals surface area contributed by atoms with Gasteiger partial charge in [0.05, 0.1) is 5.76 Å². The van der Waals surface area contributed by atoms with Crippen molar-refractivity contribution in [1.82, 2.24) is 5.32 Å². The first kappa shape index (κ1) is 26.8. The van der Waals surface area contributed by atoms with Gasteiger partial charge in [-0.2, -0.15) is 0 Å². The SMILES string of the molecule is C/C=C\C(CCNCC1CCC(CN=C(N)N)CC1)=C(/C)OCc1ccccc1.CC. The maximum Gasteiger partial charge on any atom is 0.185 e.